The Bertz CT molecular complexity index is 481. The Morgan fingerprint density at radius 3 is 3.06 bits per heavy atom. The summed E-state index contributed by atoms with van der Waals surface area (Å²) in [5, 5.41) is 11.9. The SMILES string of the molecule is CNCCCc1cnnn1-c1cccc(Cl)c1. The smallest absolute Gasteiger partial charge is 0.0729 e. The van der Waals surface area contributed by atoms with E-state index >= 15 is 0 Å². The highest BCUT2D eigenvalue weighted by atomic mass is 35.5. The molecule has 0 bridgehead atoms. The fraction of sp³-hybridized carbons (Fsp3) is 0.333. The molecule has 1 heterocycles. The Labute approximate surface area is 106 Å². The van der Waals surface area contributed by atoms with Crippen LogP contribution in [0.4, 0.5) is 0 Å². The quantitative estimate of drug-likeness (QED) is 0.827. The lowest BCUT2D eigenvalue weighted by Crippen LogP contribution is -2.10. The summed E-state index contributed by atoms with van der Waals surface area (Å²) >= 11 is 5.97. The molecular formula is C12H15ClN4. The van der Waals surface area contributed by atoms with Crippen molar-refractivity contribution in [3.8, 4) is 5.69 Å². The summed E-state index contributed by atoms with van der Waals surface area (Å²) in [6.07, 6.45) is 3.81. The number of nitrogens with zero attached hydrogens (tertiary/aromatic N) is 3. The molecule has 90 valence electrons. The maximum atomic E-state index is 5.97. The van der Waals surface area contributed by atoms with Crippen molar-refractivity contribution >= 4 is 11.6 Å². The molecule has 1 aromatic heterocycles. The van der Waals surface area contributed by atoms with Crippen molar-refractivity contribution in [1.29, 1.82) is 0 Å². The third-order valence-corrected chi connectivity index (χ3v) is 2.77. The molecule has 0 unspecified atom stereocenters. The lowest BCUT2D eigenvalue weighted by Gasteiger charge is -2.06. The normalized spacial score (nSPS) is 10.7. The molecule has 0 saturated carbocycles. The molecule has 0 fully saturated rings. The van der Waals surface area contributed by atoms with E-state index in [1.165, 1.54) is 0 Å². The van der Waals surface area contributed by atoms with Crippen LogP contribution in [0.25, 0.3) is 5.69 Å². The van der Waals surface area contributed by atoms with Gasteiger partial charge in [0.05, 0.1) is 17.6 Å². The molecule has 0 spiro atoms. The van der Waals surface area contributed by atoms with Gasteiger partial charge in [-0.1, -0.05) is 22.9 Å². The summed E-state index contributed by atoms with van der Waals surface area (Å²) in [6.45, 7) is 0.987. The van der Waals surface area contributed by atoms with Gasteiger partial charge in [-0.25, -0.2) is 4.68 Å². The van der Waals surface area contributed by atoms with E-state index in [1.54, 1.807) is 6.20 Å². The Balaban J connectivity index is 2.18. The molecular weight excluding hydrogens is 236 g/mol. The molecule has 0 atom stereocenters. The molecule has 2 aromatic rings. The number of halogens is 1. The summed E-state index contributed by atoms with van der Waals surface area (Å²) < 4.78 is 1.83. The van der Waals surface area contributed by atoms with Crippen LogP contribution in [0.3, 0.4) is 0 Å². The highest BCUT2D eigenvalue weighted by Gasteiger charge is 2.06. The summed E-state index contributed by atoms with van der Waals surface area (Å²) in [7, 11) is 1.95. The van der Waals surface area contributed by atoms with Gasteiger partial charge in [-0.2, -0.15) is 0 Å². The van der Waals surface area contributed by atoms with E-state index < -0.39 is 0 Å². The average Bonchev–Trinajstić information content (AvgIpc) is 2.78. The molecule has 1 aromatic carbocycles. The average molecular weight is 251 g/mol. The minimum absolute atomic E-state index is 0.708. The zero-order chi connectivity index (χ0) is 12.1. The van der Waals surface area contributed by atoms with Gasteiger partial charge < -0.3 is 5.32 Å². The van der Waals surface area contributed by atoms with Crippen LogP contribution in [0, 0.1) is 0 Å². The van der Waals surface area contributed by atoms with Crippen molar-refractivity contribution < 1.29 is 0 Å². The van der Waals surface area contributed by atoms with Gasteiger partial charge in [0, 0.05) is 5.02 Å². The number of hydrogen-bond acceptors (Lipinski definition) is 3. The Morgan fingerprint density at radius 1 is 1.41 bits per heavy atom. The van der Waals surface area contributed by atoms with Crippen molar-refractivity contribution in [2.45, 2.75) is 12.8 Å². The summed E-state index contributed by atoms with van der Waals surface area (Å²) in [6, 6.07) is 7.62. The van der Waals surface area contributed by atoms with E-state index in [-0.39, 0.29) is 0 Å². The van der Waals surface area contributed by atoms with Gasteiger partial charge in [0.2, 0.25) is 0 Å². The van der Waals surface area contributed by atoms with Crippen molar-refractivity contribution in [2.24, 2.45) is 0 Å². The fourth-order valence-electron chi connectivity index (χ4n) is 1.70. The number of rotatable bonds is 5. The van der Waals surface area contributed by atoms with Gasteiger partial charge >= 0.3 is 0 Å². The third-order valence-electron chi connectivity index (χ3n) is 2.53. The van der Waals surface area contributed by atoms with Crippen LogP contribution in [0.1, 0.15) is 12.1 Å². The lowest BCUT2D eigenvalue weighted by atomic mass is 10.2. The van der Waals surface area contributed by atoms with Gasteiger partial charge in [-0.15, -0.1) is 5.10 Å². The monoisotopic (exact) mass is 250 g/mol. The Kier molecular flexibility index (Phi) is 4.12. The predicted molar refractivity (Wildman–Crippen MR) is 68.6 cm³/mol. The van der Waals surface area contributed by atoms with Crippen LogP contribution in [0.15, 0.2) is 30.5 Å². The molecule has 0 amide bonds. The van der Waals surface area contributed by atoms with Crippen LogP contribution in [-0.4, -0.2) is 28.6 Å². The molecule has 4 nitrogen and oxygen atoms in total. The molecule has 17 heavy (non-hydrogen) atoms. The molecule has 1 N–H and O–H groups in total. The first-order valence-corrected chi connectivity index (χ1v) is 5.99. The molecule has 0 aliphatic rings. The van der Waals surface area contributed by atoms with Crippen LogP contribution in [0.2, 0.25) is 5.02 Å². The van der Waals surface area contributed by atoms with Gasteiger partial charge in [-0.3, -0.25) is 0 Å². The molecule has 5 heteroatoms. The number of nitrogens with one attached hydrogen (secondary N) is 1. The first-order chi connectivity index (χ1) is 8.31. The fourth-order valence-corrected chi connectivity index (χ4v) is 1.88. The Hall–Kier alpha value is -1.39. The van der Waals surface area contributed by atoms with E-state index in [1.807, 2.05) is 36.0 Å². The van der Waals surface area contributed by atoms with Crippen LogP contribution in [-0.2, 0) is 6.42 Å². The highest BCUT2D eigenvalue weighted by Crippen LogP contribution is 2.15. The molecule has 0 aliphatic carbocycles. The molecule has 2 rings (SSSR count). The number of hydrogen-bond donors (Lipinski definition) is 1. The maximum absolute atomic E-state index is 5.97. The largest absolute Gasteiger partial charge is 0.320 e. The standard InChI is InChI=1S/C12H15ClN4/c1-14-7-3-6-12-9-15-16-17(12)11-5-2-4-10(13)8-11/h2,4-5,8-9,14H,3,6-7H2,1H3. The summed E-state index contributed by atoms with van der Waals surface area (Å²) in [5.41, 5.74) is 2.05. The van der Waals surface area contributed by atoms with Crippen molar-refractivity contribution in [3.05, 3.63) is 41.2 Å². The predicted octanol–water partition coefficient (Wildman–Crippen LogP) is 2.07. The second-order valence-electron chi connectivity index (χ2n) is 3.82. The van der Waals surface area contributed by atoms with E-state index in [4.69, 9.17) is 11.6 Å². The van der Waals surface area contributed by atoms with Crippen molar-refractivity contribution in [1.82, 2.24) is 20.3 Å². The minimum atomic E-state index is 0.708. The van der Waals surface area contributed by atoms with Gasteiger partial charge in [0.1, 0.15) is 0 Å². The van der Waals surface area contributed by atoms with Crippen LogP contribution >= 0.6 is 11.6 Å². The van der Waals surface area contributed by atoms with E-state index in [9.17, 15) is 0 Å². The van der Waals surface area contributed by atoms with Crippen molar-refractivity contribution in [2.75, 3.05) is 13.6 Å². The second-order valence-corrected chi connectivity index (χ2v) is 4.26. The zero-order valence-corrected chi connectivity index (χ0v) is 10.5. The zero-order valence-electron chi connectivity index (χ0n) is 9.73. The first kappa shape index (κ1) is 12.1. The highest BCUT2D eigenvalue weighted by molar-refractivity contribution is 6.30. The van der Waals surface area contributed by atoms with Gasteiger partial charge in [-0.05, 0) is 44.6 Å². The van der Waals surface area contributed by atoms with Gasteiger partial charge in [0.25, 0.3) is 0 Å². The van der Waals surface area contributed by atoms with Gasteiger partial charge in [0.15, 0.2) is 0 Å². The number of aryl methyl sites for hydroxylation is 1. The number of aromatic nitrogens is 3. The second kappa shape index (κ2) is 5.80. The Morgan fingerprint density at radius 2 is 2.29 bits per heavy atom. The minimum Gasteiger partial charge on any atom is -0.320 e. The molecule has 0 radical (unpaired) electrons. The topological polar surface area (TPSA) is 42.7 Å². The maximum Gasteiger partial charge on any atom is 0.0729 e. The van der Waals surface area contributed by atoms with E-state index in [2.05, 4.69) is 15.6 Å². The number of benzene rings is 1. The van der Waals surface area contributed by atoms with Crippen LogP contribution < -0.4 is 5.32 Å². The van der Waals surface area contributed by atoms with Crippen LogP contribution in [0.5, 0.6) is 0 Å². The molecule has 0 aliphatic heterocycles. The van der Waals surface area contributed by atoms with Crippen molar-refractivity contribution in [3.63, 3.8) is 0 Å². The first-order valence-electron chi connectivity index (χ1n) is 5.61. The summed E-state index contributed by atoms with van der Waals surface area (Å²) in [5.74, 6) is 0. The molecule has 0 saturated heterocycles. The lowest BCUT2D eigenvalue weighted by molar-refractivity contribution is 0.687. The third kappa shape index (κ3) is 3.05. The summed E-state index contributed by atoms with van der Waals surface area (Å²) in [4.78, 5) is 0. The van der Waals surface area contributed by atoms with E-state index in [0.29, 0.717) is 5.02 Å². The van der Waals surface area contributed by atoms with E-state index in [0.717, 1.165) is 30.8 Å².